The van der Waals surface area contributed by atoms with E-state index in [4.69, 9.17) is 9.84 Å². The lowest BCUT2D eigenvalue weighted by molar-refractivity contribution is -0.144. The van der Waals surface area contributed by atoms with Crippen molar-refractivity contribution in [3.8, 4) is 5.75 Å². The summed E-state index contributed by atoms with van der Waals surface area (Å²) in [4.78, 5) is 11.1. The molecule has 0 spiro atoms. The molecular formula is C14H21NO3. The van der Waals surface area contributed by atoms with Crippen LogP contribution in [0.5, 0.6) is 5.75 Å². The number of carbonyl (C=O) groups is 1. The molecule has 1 atom stereocenters. The molecule has 0 heterocycles. The fraction of sp³-hybridized carbons (Fsp3) is 0.500. The van der Waals surface area contributed by atoms with Crippen molar-refractivity contribution >= 4 is 5.97 Å². The molecule has 1 aromatic rings. The fourth-order valence-corrected chi connectivity index (χ4v) is 1.73. The van der Waals surface area contributed by atoms with E-state index in [-0.39, 0.29) is 0 Å². The average molecular weight is 251 g/mol. The molecule has 0 fully saturated rings. The van der Waals surface area contributed by atoms with Gasteiger partial charge in [-0.15, -0.1) is 0 Å². The number of hydrogen-bond donors (Lipinski definition) is 2. The quantitative estimate of drug-likeness (QED) is 0.813. The fourth-order valence-electron chi connectivity index (χ4n) is 1.73. The summed E-state index contributed by atoms with van der Waals surface area (Å²) >= 11 is 0. The van der Waals surface area contributed by atoms with Gasteiger partial charge in [0.25, 0.3) is 0 Å². The third kappa shape index (κ3) is 3.74. The second kappa shape index (κ2) is 5.87. The van der Waals surface area contributed by atoms with Crippen LogP contribution in [0.1, 0.15) is 24.5 Å². The Morgan fingerprint density at radius 3 is 2.33 bits per heavy atom. The number of likely N-dealkylation sites (N-methyl/N-ethyl adjacent to an activating group) is 1. The Morgan fingerprint density at radius 2 is 1.89 bits per heavy atom. The monoisotopic (exact) mass is 251 g/mol. The molecule has 0 saturated heterocycles. The van der Waals surface area contributed by atoms with Gasteiger partial charge in [-0.05, 0) is 51.1 Å². The van der Waals surface area contributed by atoms with Gasteiger partial charge in [0.2, 0.25) is 0 Å². The van der Waals surface area contributed by atoms with Gasteiger partial charge in [-0.2, -0.15) is 0 Å². The van der Waals surface area contributed by atoms with Gasteiger partial charge < -0.3 is 15.2 Å². The van der Waals surface area contributed by atoms with Crippen LogP contribution in [0, 0.1) is 13.8 Å². The van der Waals surface area contributed by atoms with E-state index in [1.165, 1.54) is 0 Å². The van der Waals surface area contributed by atoms with Crippen LogP contribution in [0.3, 0.4) is 0 Å². The number of benzene rings is 1. The zero-order valence-electron chi connectivity index (χ0n) is 11.4. The smallest absolute Gasteiger partial charge is 0.323 e. The van der Waals surface area contributed by atoms with Crippen molar-refractivity contribution in [1.82, 2.24) is 5.32 Å². The standard InChI is InChI=1S/C14H21NO3/c1-10-7-11(2)9-12(8-10)18-6-5-14(3,15-4)13(16)17/h7-9,15H,5-6H2,1-4H3,(H,16,17). The number of aryl methyl sites for hydroxylation is 2. The predicted octanol–water partition coefficient (Wildman–Crippen LogP) is 2.14. The van der Waals surface area contributed by atoms with Crippen LogP contribution in [-0.2, 0) is 4.79 Å². The van der Waals surface area contributed by atoms with Crippen molar-refractivity contribution in [2.24, 2.45) is 0 Å². The van der Waals surface area contributed by atoms with Crippen molar-refractivity contribution in [2.45, 2.75) is 32.7 Å². The molecule has 0 aliphatic rings. The molecule has 4 heteroatoms. The zero-order valence-corrected chi connectivity index (χ0v) is 11.4. The third-order valence-corrected chi connectivity index (χ3v) is 3.09. The molecule has 18 heavy (non-hydrogen) atoms. The number of aliphatic carboxylic acids is 1. The van der Waals surface area contributed by atoms with Crippen LogP contribution in [0.25, 0.3) is 0 Å². The Morgan fingerprint density at radius 1 is 1.33 bits per heavy atom. The van der Waals surface area contributed by atoms with E-state index in [9.17, 15) is 4.79 Å². The highest BCUT2D eigenvalue weighted by Crippen LogP contribution is 2.17. The van der Waals surface area contributed by atoms with Crippen LogP contribution in [0.4, 0.5) is 0 Å². The molecule has 1 unspecified atom stereocenters. The van der Waals surface area contributed by atoms with Gasteiger partial charge in [0.05, 0.1) is 6.61 Å². The second-order valence-electron chi connectivity index (χ2n) is 4.81. The molecule has 0 bridgehead atoms. The lowest BCUT2D eigenvalue weighted by Crippen LogP contribution is -2.48. The minimum absolute atomic E-state index is 0.368. The van der Waals surface area contributed by atoms with Crippen LogP contribution in [0.15, 0.2) is 18.2 Å². The largest absolute Gasteiger partial charge is 0.493 e. The average Bonchev–Trinajstić information content (AvgIpc) is 2.27. The number of carboxylic acids is 1. The molecule has 2 N–H and O–H groups in total. The summed E-state index contributed by atoms with van der Waals surface area (Å²) in [5.74, 6) is -0.0784. The molecule has 0 amide bonds. The van der Waals surface area contributed by atoms with Crippen molar-refractivity contribution in [1.29, 1.82) is 0 Å². The van der Waals surface area contributed by atoms with Crippen molar-refractivity contribution in [3.05, 3.63) is 29.3 Å². The minimum Gasteiger partial charge on any atom is -0.493 e. The first-order chi connectivity index (χ1) is 8.37. The molecule has 1 rings (SSSR count). The summed E-state index contributed by atoms with van der Waals surface area (Å²) in [6, 6.07) is 5.97. The van der Waals surface area contributed by atoms with E-state index in [0.29, 0.717) is 13.0 Å². The summed E-state index contributed by atoms with van der Waals surface area (Å²) in [6.07, 6.45) is 0.409. The molecule has 100 valence electrons. The lowest BCUT2D eigenvalue weighted by atomic mass is 9.99. The maximum absolute atomic E-state index is 11.1. The topological polar surface area (TPSA) is 58.6 Å². The van der Waals surface area contributed by atoms with E-state index in [1.54, 1.807) is 14.0 Å². The molecule has 0 radical (unpaired) electrons. The van der Waals surface area contributed by atoms with E-state index in [2.05, 4.69) is 11.4 Å². The van der Waals surface area contributed by atoms with Crippen LogP contribution < -0.4 is 10.1 Å². The molecule has 0 aliphatic heterocycles. The Balaban J connectivity index is 2.58. The Kier molecular flexibility index (Phi) is 4.73. The summed E-state index contributed by atoms with van der Waals surface area (Å²) in [6.45, 7) is 6.04. The Bertz CT molecular complexity index is 411. The highest BCUT2D eigenvalue weighted by Gasteiger charge is 2.30. The van der Waals surface area contributed by atoms with Crippen molar-refractivity contribution in [2.75, 3.05) is 13.7 Å². The van der Waals surface area contributed by atoms with Crippen LogP contribution in [-0.4, -0.2) is 30.3 Å². The molecule has 0 aromatic heterocycles. The highest BCUT2D eigenvalue weighted by molar-refractivity contribution is 5.78. The summed E-state index contributed by atoms with van der Waals surface area (Å²) < 4.78 is 5.61. The highest BCUT2D eigenvalue weighted by atomic mass is 16.5. The lowest BCUT2D eigenvalue weighted by Gasteiger charge is -2.24. The number of ether oxygens (including phenoxy) is 1. The molecule has 0 saturated carbocycles. The number of carboxylic acid groups (broad SMARTS) is 1. The first-order valence-electron chi connectivity index (χ1n) is 6.01. The molecule has 1 aromatic carbocycles. The van der Waals surface area contributed by atoms with E-state index < -0.39 is 11.5 Å². The Labute approximate surface area is 108 Å². The van der Waals surface area contributed by atoms with Crippen molar-refractivity contribution in [3.63, 3.8) is 0 Å². The van der Waals surface area contributed by atoms with Gasteiger partial charge in [0.1, 0.15) is 11.3 Å². The summed E-state index contributed by atoms with van der Waals surface area (Å²) in [7, 11) is 1.64. The second-order valence-corrected chi connectivity index (χ2v) is 4.81. The maximum atomic E-state index is 11.1. The molecule has 4 nitrogen and oxygen atoms in total. The van der Waals surface area contributed by atoms with Gasteiger partial charge in [-0.1, -0.05) is 6.07 Å². The minimum atomic E-state index is -0.946. The Hall–Kier alpha value is -1.55. The van der Waals surface area contributed by atoms with Crippen molar-refractivity contribution < 1.29 is 14.6 Å². The van der Waals surface area contributed by atoms with E-state index in [1.807, 2.05) is 26.0 Å². The predicted molar refractivity (Wildman–Crippen MR) is 71.1 cm³/mol. The normalized spacial score (nSPS) is 14.0. The van der Waals surface area contributed by atoms with E-state index in [0.717, 1.165) is 16.9 Å². The molecular weight excluding hydrogens is 230 g/mol. The summed E-state index contributed by atoms with van der Waals surface area (Å²) in [5.41, 5.74) is 1.33. The number of hydrogen-bond acceptors (Lipinski definition) is 3. The maximum Gasteiger partial charge on any atom is 0.323 e. The zero-order chi connectivity index (χ0) is 13.8. The number of rotatable bonds is 6. The van der Waals surface area contributed by atoms with Crippen LogP contribution in [0.2, 0.25) is 0 Å². The first-order valence-corrected chi connectivity index (χ1v) is 6.01. The summed E-state index contributed by atoms with van der Waals surface area (Å²) in [5, 5.41) is 11.9. The number of nitrogens with one attached hydrogen (secondary N) is 1. The third-order valence-electron chi connectivity index (χ3n) is 3.09. The van der Waals surface area contributed by atoms with Crippen LogP contribution >= 0.6 is 0 Å². The van der Waals surface area contributed by atoms with Gasteiger partial charge in [-0.25, -0.2) is 0 Å². The van der Waals surface area contributed by atoms with Gasteiger partial charge in [0, 0.05) is 6.42 Å². The van der Waals surface area contributed by atoms with Gasteiger partial charge >= 0.3 is 5.97 Å². The van der Waals surface area contributed by atoms with Gasteiger partial charge in [-0.3, -0.25) is 4.79 Å². The van der Waals surface area contributed by atoms with Gasteiger partial charge in [0.15, 0.2) is 0 Å². The SMILES string of the molecule is CNC(C)(CCOc1cc(C)cc(C)c1)C(=O)O. The first kappa shape index (κ1) is 14.5. The molecule has 0 aliphatic carbocycles. The van der Waals surface area contributed by atoms with E-state index >= 15 is 0 Å².